The van der Waals surface area contributed by atoms with Crippen molar-refractivity contribution < 1.29 is 22.7 Å². The number of pyridine rings is 1. The van der Waals surface area contributed by atoms with Gasteiger partial charge < -0.3 is 9.64 Å². The van der Waals surface area contributed by atoms with Crippen molar-refractivity contribution in [1.29, 1.82) is 0 Å². The molecule has 1 saturated heterocycles. The molecule has 9 heteroatoms. The highest BCUT2D eigenvalue weighted by Crippen LogP contribution is 2.31. The normalized spacial score (nSPS) is 15.2. The van der Waals surface area contributed by atoms with Crippen LogP contribution >= 0.6 is 0 Å². The van der Waals surface area contributed by atoms with Gasteiger partial charge in [-0.1, -0.05) is 12.1 Å². The molecule has 4 rings (SSSR count). The maximum Gasteiger partial charge on any atom is 0.433 e. The number of amides is 1. The first-order chi connectivity index (χ1) is 14.8. The lowest BCUT2D eigenvalue weighted by atomic mass is 10.0. The second kappa shape index (κ2) is 8.14. The van der Waals surface area contributed by atoms with Gasteiger partial charge in [-0.3, -0.25) is 14.0 Å². The fraction of sp³-hybridized carbons (Fsp3) is 0.318. The molecule has 0 aliphatic carbocycles. The van der Waals surface area contributed by atoms with Gasteiger partial charge >= 0.3 is 6.18 Å². The van der Waals surface area contributed by atoms with E-state index in [-0.39, 0.29) is 11.6 Å². The number of hydrogen-bond donors (Lipinski definition) is 0. The number of rotatable bonds is 2. The third-order valence-corrected chi connectivity index (χ3v) is 5.30. The van der Waals surface area contributed by atoms with Gasteiger partial charge in [0.25, 0.3) is 11.5 Å². The van der Waals surface area contributed by atoms with Crippen LogP contribution in [0.2, 0.25) is 0 Å². The van der Waals surface area contributed by atoms with Gasteiger partial charge in [0.2, 0.25) is 0 Å². The molecule has 1 aliphatic heterocycles. The zero-order valence-electron chi connectivity index (χ0n) is 16.8. The smallest absolute Gasteiger partial charge is 0.380 e. The number of ether oxygens (including phenoxy) is 1. The predicted molar refractivity (Wildman–Crippen MR) is 108 cm³/mol. The van der Waals surface area contributed by atoms with Crippen LogP contribution in [0.1, 0.15) is 28.0 Å². The van der Waals surface area contributed by atoms with Crippen molar-refractivity contribution in [2.45, 2.75) is 19.5 Å². The van der Waals surface area contributed by atoms with Crippen molar-refractivity contribution in [2.24, 2.45) is 0 Å². The Bertz CT molecular complexity index is 1180. The molecule has 0 unspecified atom stereocenters. The minimum absolute atomic E-state index is 0.0887. The monoisotopic (exact) mass is 431 g/mol. The largest absolute Gasteiger partial charge is 0.433 e. The summed E-state index contributed by atoms with van der Waals surface area (Å²) in [5, 5.41) is 0. The lowest BCUT2D eigenvalue weighted by molar-refractivity contribution is -0.141. The summed E-state index contributed by atoms with van der Waals surface area (Å²) in [5.41, 5.74) is -1.11. The molecule has 2 aromatic heterocycles. The summed E-state index contributed by atoms with van der Waals surface area (Å²) in [4.78, 5) is 30.7. The van der Waals surface area contributed by atoms with Crippen molar-refractivity contribution in [1.82, 2.24) is 14.3 Å². The van der Waals surface area contributed by atoms with Crippen LogP contribution in [0.25, 0.3) is 16.8 Å². The Kier molecular flexibility index (Phi) is 5.53. The fourth-order valence-electron chi connectivity index (χ4n) is 3.68. The molecule has 3 heterocycles. The first kappa shape index (κ1) is 21.0. The molecule has 0 bridgehead atoms. The van der Waals surface area contributed by atoms with E-state index >= 15 is 0 Å². The van der Waals surface area contributed by atoms with E-state index in [0.717, 1.165) is 17.7 Å². The average molecular weight is 431 g/mol. The molecule has 1 aliphatic rings. The van der Waals surface area contributed by atoms with Gasteiger partial charge in [0.05, 0.1) is 6.61 Å². The third-order valence-electron chi connectivity index (χ3n) is 5.30. The number of carbonyl (C=O) groups excluding carboxylic acids is 1. The summed E-state index contributed by atoms with van der Waals surface area (Å²) in [6.45, 7) is 3.34. The van der Waals surface area contributed by atoms with Gasteiger partial charge in [0, 0.05) is 42.6 Å². The quantitative estimate of drug-likeness (QED) is 0.623. The average Bonchev–Trinajstić information content (AvgIpc) is 3.04. The fourth-order valence-corrected chi connectivity index (χ4v) is 3.68. The predicted octanol–water partition coefficient (Wildman–Crippen LogP) is 3.55. The van der Waals surface area contributed by atoms with E-state index in [1.807, 2.05) is 0 Å². The topological polar surface area (TPSA) is 63.9 Å². The standard InChI is InChI=1S/C22H20F3N3O3/c1-14-18(22(23,24)25)26-19-17(4-2-10-28(19)20(14)29)15-5-7-16(8-6-15)21(30)27-9-3-12-31-13-11-27/h2,4-8,10H,3,9,11-13H2,1H3. The maximum atomic E-state index is 13.4. The first-order valence-electron chi connectivity index (χ1n) is 9.84. The number of benzene rings is 1. The van der Waals surface area contributed by atoms with Crippen molar-refractivity contribution in [3.8, 4) is 11.1 Å². The number of carbonyl (C=O) groups is 1. The lowest BCUT2D eigenvalue weighted by Gasteiger charge is -2.19. The Morgan fingerprint density at radius 1 is 1.10 bits per heavy atom. The highest BCUT2D eigenvalue weighted by molar-refractivity contribution is 5.95. The molecule has 0 N–H and O–H groups in total. The van der Waals surface area contributed by atoms with Gasteiger partial charge in [0.15, 0.2) is 5.69 Å². The van der Waals surface area contributed by atoms with E-state index in [1.165, 1.54) is 6.20 Å². The van der Waals surface area contributed by atoms with Crippen LogP contribution in [0.3, 0.4) is 0 Å². The van der Waals surface area contributed by atoms with Crippen LogP contribution < -0.4 is 5.56 Å². The number of halogens is 3. The lowest BCUT2D eigenvalue weighted by Crippen LogP contribution is -2.33. The summed E-state index contributed by atoms with van der Waals surface area (Å²) < 4.78 is 46.6. The van der Waals surface area contributed by atoms with Gasteiger partial charge in [-0.05, 0) is 43.2 Å². The van der Waals surface area contributed by atoms with Gasteiger partial charge in [0.1, 0.15) is 5.65 Å². The number of fused-ring (bicyclic) bond motifs is 1. The van der Waals surface area contributed by atoms with Crippen LogP contribution in [0.15, 0.2) is 47.4 Å². The van der Waals surface area contributed by atoms with Crippen molar-refractivity contribution in [3.63, 3.8) is 0 Å². The van der Waals surface area contributed by atoms with Crippen molar-refractivity contribution in [2.75, 3.05) is 26.3 Å². The minimum atomic E-state index is -4.74. The van der Waals surface area contributed by atoms with Gasteiger partial charge in [-0.2, -0.15) is 13.2 Å². The summed E-state index contributed by atoms with van der Waals surface area (Å²) in [5.74, 6) is -0.126. The third kappa shape index (κ3) is 4.05. The first-order valence-corrected chi connectivity index (χ1v) is 9.84. The Hall–Kier alpha value is -3.20. The zero-order chi connectivity index (χ0) is 22.2. The maximum absolute atomic E-state index is 13.4. The Balaban J connectivity index is 1.74. The number of hydrogen-bond acceptors (Lipinski definition) is 4. The molecule has 0 atom stereocenters. The number of aromatic nitrogens is 2. The molecule has 6 nitrogen and oxygen atoms in total. The van der Waals surface area contributed by atoms with E-state index in [9.17, 15) is 22.8 Å². The van der Waals surface area contributed by atoms with Crippen molar-refractivity contribution in [3.05, 3.63) is 69.8 Å². The van der Waals surface area contributed by atoms with Crippen LogP contribution in [0, 0.1) is 6.92 Å². The molecular weight excluding hydrogens is 411 g/mol. The molecule has 0 saturated carbocycles. The summed E-state index contributed by atoms with van der Waals surface area (Å²) in [7, 11) is 0. The van der Waals surface area contributed by atoms with Crippen molar-refractivity contribution >= 4 is 11.6 Å². The molecule has 31 heavy (non-hydrogen) atoms. The Morgan fingerprint density at radius 2 is 1.84 bits per heavy atom. The summed E-state index contributed by atoms with van der Waals surface area (Å²) >= 11 is 0. The number of alkyl halides is 3. The molecule has 1 aromatic carbocycles. The van der Waals surface area contributed by atoms with E-state index in [4.69, 9.17) is 4.74 Å². The zero-order valence-corrected chi connectivity index (χ0v) is 16.8. The summed E-state index contributed by atoms with van der Waals surface area (Å²) in [6.07, 6.45) is -2.58. The highest BCUT2D eigenvalue weighted by atomic mass is 19.4. The molecule has 1 fully saturated rings. The Morgan fingerprint density at radius 3 is 2.55 bits per heavy atom. The second-order valence-electron chi connectivity index (χ2n) is 7.34. The SMILES string of the molecule is Cc1c(C(F)(F)F)nc2c(-c3ccc(C(=O)N4CCCOCC4)cc3)cccn2c1=O. The molecule has 162 valence electrons. The van der Waals surface area contributed by atoms with Gasteiger partial charge in [-0.15, -0.1) is 0 Å². The molecule has 0 spiro atoms. The highest BCUT2D eigenvalue weighted by Gasteiger charge is 2.36. The molecular formula is C22H20F3N3O3. The number of nitrogens with zero attached hydrogens (tertiary/aromatic N) is 3. The van der Waals surface area contributed by atoms with Gasteiger partial charge in [-0.25, -0.2) is 4.98 Å². The van der Waals surface area contributed by atoms with Crippen LogP contribution in [-0.4, -0.2) is 46.5 Å². The van der Waals surface area contributed by atoms with E-state index in [0.29, 0.717) is 43.0 Å². The van der Waals surface area contributed by atoms with E-state index < -0.39 is 23.0 Å². The molecule has 0 radical (unpaired) electrons. The van der Waals surface area contributed by atoms with Crippen LogP contribution in [0.5, 0.6) is 0 Å². The van der Waals surface area contributed by atoms with Crippen LogP contribution in [0.4, 0.5) is 13.2 Å². The minimum Gasteiger partial charge on any atom is -0.380 e. The molecule has 1 amide bonds. The van der Waals surface area contributed by atoms with Crippen LogP contribution in [-0.2, 0) is 10.9 Å². The Labute approximate surface area is 175 Å². The summed E-state index contributed by atoms with van der Waals surface area (Å²) in [6, 6.07) is 9.73. The second-order valence-corrected chi connectivity index (χ2v) is 7.34. The van der Waals surface area contributed by atoms with E-state index in [2.05, 4.69) is 4.98 Å². The molecule has 3 aromatic rings. The van der Waals surface area contributed by atoms with E-state index in [1.54, 1.807) is 41.3 Å².